The van der Waals surface area contributed by atoms with Crippen molar-refractivity contribution in [1.29, 1.82) is 0 Å². The molecular formula is C14H19NO2S. The fourth-order valence-electron chi connectivity index (χ4n) is 2.11. The molecule has 1 saturated heterocycles. The third-order valence-corrected chi connectivity index (χ3v) is 4.09. The van der Waals surface area contributed by atoms with Gasteiger partial charge in [0.15, 0.2) is 0 Å². The molecule has 1 heterocycles. The molecule has 1 atom stereocenters. The molecule has 0 aliphatic carbocycles. The fraction of sp³-hybridized carbons (Fsp3) is 0.500. The first-order valence-corrected chi connectivity index (χ1v) is 7.38. The molecule has 18 heavy (non-hydrogen) atoms. The molecule has 0 spiro atoms. The van der Waals surface area contributed by atoms with Crippen LogP contribution in [0.4, 0.5) is 0 Å². The van der Waals surface area contributed by atoms with Crippen molar-refractivity contribution in [2.45, 2.75) is 30.3 Å². The number of nitrogens with zero attached hydrogens (tertiary/aromatic N) is 1. The topological polar surface area (TPSA) is 40.5 Å². The second-order valence-corrected chi connectivity index (χ2v) is 5.72. The van der Waals surface area contributed by atoms with E-state index in [4.69, 9.17) is 0 Å². The predicted octanol–water partition coefficient (Wildman–Crippen LogP) is 2.15. The van der Waals surface area contributed by atoms with E-state index in [0.29, 0.717) is 13.0 Å². The Morgan fingerprint density at radius 1 is 1.39 bits per heavy atom. The second kappa shape index (κ2) is 6.81. The van der Waals surface area contributed by atoms with E-state index in [1.165, 1.54) is 4.90 Å². The zero-order chi connectivity index (χ0) is 12.8. The number of aliphatic hydroxyl groups excluding tert-OH is 1. The van der Waals surface area contributed by atoms with Crippen LogP contribution in [0.1, 0.15) is 19.3 Å². The lowest BCUT2D eigenvalue weighted by atomic mass is 10.1. The second-order valence-electron chi connectivity index (χ2n) is 4.55. The van der Waals surface area contributed by atoms with Crippen molar-refractivity contribution in [2.24, 2.45) is 0 Å². The van der Waals surface area contributed by atoms with Gasteiger partial charge in [0.1, 0.15) is 0 Å². The third-order valence-electron chi connectivity index (χ3n) is 3.08. The van der Waals surface area contributed by atoms with Crippen molar-refractivity contribution < 1.29 is 9.90 Å². The first kappa shape index (κ1) is 13.4. The average molecular weight is 265 g/mol. The Morgan fingerprint density at radius 2 is 2.17 bits per heavy atom. The Bertz CT molecular complexity index is 383. The summed E-state index contributed by atoms with van der Waals surface area (Å²) >= 11 is 1.70. The van der Waals surface area contributed by atoms with Crippen LogP contribution in [-0.4, -0.2) is 40.9 Å². The molecule has 1 aliphatic heterocycles. The SMILES string of the molecule is O=C(CCSc1ccccc1)N1CCCC(O)C1. The molecule has 1 N–H and O–H groups in total. The highest BCUT2D eigenvalue weighted by Crippen LogP contribution is 2.19. The number of likely N-dealkylation sites (tertiary alicyclic amines) is 1. The number of β-amino-alcohol motifs (C(OH)–C–C–N with tert-alkyl or cyclic N) is 1. The summed E-state index contributed by atoms with van der Waals surface area (Å²) in [4.78, 5) is 14.9. The van der Waals surface area contributed by atoms with E-state index >= 15 is 0 Å². The fourth-order valence-corrected chi connectivity index (χ4v) is 2.97. The van der Waals surface area contributed by atoms with Gasteiger partial charge in [-0.15, -0.1) is 11.8 Å². The van der Waals surface area contributed by atoms with Crippen LogP contribution in [0, 0.1) is 0 Å². The van der Waals surface area contributed by atoms with Gasteiger partial charge in [0.25, 0.3) is 0 Å². The summed E-state index contributed by atoms with van der Waals surface area (Å²) in [5.74, 6) is 0.965. The van der Waals surface area contributed by atoms with Crippen molar-refractivity contribution in [3.63, 3.8) is 0 Å². The molecule has 1 amide bonds. The van der Waals surface area contributed by atoms with Crippen molar-refractivity contribution in [1.82, 2.24) is 4.90 Å². The van der Waals surface area contributed by atoms with E-state index in [-0.39, 0.29) is 12.0 Å². The lowest BCUT2D eigenvalue weighted by molar-refractivity contribution is -0.133. The third kappa shape index (κ3) is 4.03. The first-order valence-electron chi connectivity index (χ1n) is 6.39. The summed E-state index contributed by atoms with van der Waals surface area (Å²) in [5.41, 5.74) is 0. The molecule has 0 radical (unpaired) electrons. The van der Waals surface area contributed by atoms with Gasteiger partial charge in [0.05, 0.1) is 6.10 Å². The van der Waals surface area contributed by atoms with Gasteiger partial charge in [-0.3, -0.25) is 4.79 Å². The molecule has 1 fully saturated rings. The van der Waals surface area contributed by atoms with Crippen LogP contribution < -0.4 is 0 Å². The summed E-state index contributed by atoms with van der Waals surface area (Å²) in [6.45, 7) is 1.31. The lowest BCUT2D eigenvalue weighted by Gasteiger charge is -2.30. The number of carbonyl (C=O) groups excluding carboxylic acids is 1. The quantitative estimate of drug-likeness (QED) is 0.848. The van der Waals surface area contributed by atoms with Gasteiger partial charge in [0.2, 0.25) is 5.91 Å². The molecule has 0 bridgehead atoms. The van der Waals surface area contributed by atoms with Crippen LogP contribution >= 0.6 is 11.8 Å². The molecule has 1 aliphatic rings. The molecule has 4 heteroatoms. The molecular weight excluding hydrogens is 246 g/mol. The maximum absolute atomic E-state index is 11.9. The first-order chi connectivity index (χ1) is 8.75. The Balaban J connectivity index is 1.71. The van der Waals surface area contributed by atoms with E-state index < -0.39 is 0 Å². The van der Waals surface area contributed by atoms with E-state index in [1.54, 1.807) is 16.7 Å². The number of hydrogen-bond acceptors (Lipinski definition) is 3. The summed E-state index contributed by atoms with van der Waals surface area (Å²) in [6, 6.07) is 10.1. The minimum absolute atomic E-state index is 0.164. The number of amides is 1. The zero-order valence-electron chi connectivity index (χ0n) is 10.4. The molecule has 98 valence electrons. The van der Waals surface area contributed by atoms with Crippen molar-refractivity contribution in [3.05, 3.63) is 30.3 Å². The Morgan fingerprint density at radius 3 is 2.89 bits per heavy atom. The maximum atomic E-state index is 11.9. The van der Waals surface area contributed by atoms with Crippen molar-refractivity contribution in [2.75, 3.05) is 18.8 Å². The minimum Gasteiger partial charge on any atom is -0.391 e. The summed E-state index contributed by atoms with van der Waals surface area (Å²) in [6.07, 6.45) is 1.96. The van der Waals surface area contributed by atoms with Crippen LogP contribution in [-0.2, 0) is 4.79 Å². The smallest absolute Gasteiger partial charge is 0.223 e. The normalized spacial score (nSPS) is 19.8. The number of benzene rings is 1. The van der Waals surface area contributed by atoms with Gasteiger partial charge < -0.3 is 10.0 Å². The standard InChI is InChI=1S/C14H19NO2S/c16-12-5-4-9-15(11-12)14(17)8-10-18-13-6-2-1-3-7-13/h1-3,6-7,12,16H,4-5,8-11H2. The predicted molar refractivity (Wildman–Crippen MR) is 73.6 cm³/mol. The Hall–Kier alpha value is -1.00. The zero-order valence-corrected chi connectivity index (χ0v) is 11.2. The monoisotopic (exact) mass is 265 g/mol. The molecule has 2 rings (SSSR count). The maximum Gasteiger partial charge on any atom is 0.223 e. The molecule has 0 saturated carbocycles. The number of rotatable bonds is 4. The van der Waals surface area contributed by atoms with Crippen LogP contribution in [0.2, 0.25) is 0 Å². The van der Waals surface area contributed by atoms with Gasteiger partial charge in [-0.1, -0.05) is 18.2 Å². The van der Waals surface area contributed by atoms with E-state index in [9.17, 15) is 9.90 Å². The van der Waals surface area contributed by atoms with Crippen LogP contribution in [0.25, 0.3) is 0 Å². The van der Waals surface area contributed by atoms with E-state index in [1.807, 2.05) is 18.2 Å². The molecule has 0 aromatic heterocycles. The number of carbonyl (C=O) groups is 1. The van der Waals surface area contributed by atoms with Gasteiger partial charge in [-0.05, 0) is 25.0 Å². The highest BCUT2D eigenvalue weighted by Gasteiger charge is 2.21. The summed E-state index contributed by atoms with van der Waals surface area (Å²) in [7, 11) is 0. The molecule has 1 aromatic carbocycles. The number of hydrogen-bond donors (Lipinski definition) is 1. The van der Waals surface area contributed by atoms with Crippen LogP contribution in [0.15, 0.2) is 35.2 Å². The minimum atomic E-state index is -0.329. The number of piperidine rings is 1. The molecule has 3 nitrogen and oxygen atoms in total. The van der Waals surface area contributed by atoms with E-state index in [2.05, 4.69) is 12.1 Å². The van der Waals surface area contributed by atoms with Gasteiger partial charge >= 0.3 is 0 Å². The Kier molecular flexibility index (Phi) is 5.08. The molecule has 1 aromatic rings. The van der Waals surface area contributed by atoms with Crippen molar-refractivity contribution in [3.8, 4) is 0 Å². The summed E-state index contributed by atoms with van der Waals surface area (Å²) in [5, 5.41) is 9.53. The van der Waals surface area contributed by atoms with Gasteiger partial charge in [-0.25, -0.2) is 0 Å². The van der Waals surface area contributed by atoms with E-state index in [0.717, 1.165) is 25.1 Å². The van der Waals surface area contributed by atoms with Gasteiger partial charge in [-0.2, -0.15) is 0 Å². The number of aliphatic hydroxyl groups is 1. The number of thioether (sulfide) groups is 1. The lowest BCUT2D eigenvalue weighted by Crippen LogP contribution is -2.42. The van der Waals surface area contributed by atoms with Crippen LogP contribution in [0.5, 0.6) is 0 Å². The Labute approximate surface area is 112 Å². The average Bonchev–Trinajstić information content (AvgIpc) is 2.40. The van der Waals surface area contributed by atoms with Gasteiger partial charge in [0, 0.05) is 30.2 Å². The summed E-state index contributed by atoms with van der Waals surface area (Å²) < 4.78 is 0. The highest BCUT2D eigenvalue weighted by atomic mass is 32.2. The largest absolute Gasteiger partial charge is 0.391 e. The highest BCUT2D eigenvalue weighted by molar-refractivity contribution is 7.99. The molecule has 1 unspecified atom stereocenters. The van der Waals surface area contributed by atoms with Crippen LogP contribution in [0.3, 0.4) is 0 Å². The van der Waals surface area contributed by atoms with Crippen molar-refractivity contribution >= 4 is 17.7 Å².